The topological polar surface area (TPSA) is 43.3 Å². The van der Waals surface area contributed by atoms with Crippen molar-refractivity contribution in [2.45, 2.75) is 19.7 Å². The first-order valence-corrected chi connectivity index (χ1v) is 11.4. The van der Waals surface area contributed by atoms with Crippen LogP contribution in [0, 0.1) is 0 Å². The van der Waals surface area contributed by atoms with E-state index in [2.05, 4.69) is 22.0 Å². The van der Waals surface area contributed by atoms with Gasteiger partial charge in [-0.25, -0.2) is 0 Å². The summed E-state index contributed by atoms with van der Waals surface area (Å²) < 4.78 is 8.26. The minimum Gasteiger partial charge on any atom is -0.488 e. The van der Waals surface area contributed by atoms with E-state index in [9.17, 15) is 4.79 Å². The zero-order chi connectivity index (χ0) is 23.2. The van der Waals surface area contributed by atoms with Crippen molar-refractivity contribution in [3.63, 3.8) is 0 Å². The number of amides is 1. The maximum absolute atomic E-state index is 13.3. The highest BCUT2D eigenvalue weighted by Crippen LogP contribution is 2.30. The molecule has 1 aromatic heterocycles. The fourth-order valence-electron chi connectivity index (χ4n) is 4.11. The van der Waals surface area contributed by atoms with E-state index in [1.165, 1.54) is 0 Å². The molecule has 0 aliphatic rings. The third-order valence-corrected chi connectivity index (χ3v) is 5.85. The van der Waals surface area contributed by atoms with Gasteiger partial charge in [0.25, 0.3) is 5.91 Å². The average molecular weight is 447 g/mol. The molecule has 0 bridgehead atoms. The second-order valence-electron chi connectivity index (χ2n) is 8.23. The maximum atomic E-state index is 13.3. The van der Waals surface area contributed by atoms with Crippen molar-refractivity contribution in [3.8, 4) is 5.75 Å². The predicted molar refractivity (Wildman–Crippen MR) is 136 cm³/mol. The molecule has 4 nitrogen and oxygen atoms in total. The zero-order valence-electron chi connectivity index (χ0n) is 18.9. The molecule has 0 unspecified atom stereocenters. The third kappa shape index (κ3) is 4.86. The van der Waals surface area contributed by atoms with Crippen molar-refractivity contribution in [2.24, 2.45) is 0 Å². The van der Waals surface area contributed by atoms with E-state index in [1.54, 1.807) is 0 Å². The Morgan fingerprint density at radius 2 is 1.32 bits per heavy atom. The predicted octanol–water partition coefficient (Wildman–Crippen LogP) is 6.20. The van der Waals surface area contributed by atoms with Gasteiger partial charge in [-0.1, -0.05) is 97.1 Å². The largest absolute Gasteiger partial charge is 0.488 e. The molecule has 0 aliphatic heterocycles. The molecule has 1 amide bonds. The molecule has 0 spiro atoms. The van der Waals surface area contributed by atoms with E-state index < -0.39 is 0 Å². The molecule has 1 N–H and O–H groups in total. The fraction of sp³-hybridized carbons (Fsp3) is 0.100. The van der Waals surface area contributed by atoms with Crippen LogP contribution in [0.2, 0.25) is 0 Å². The van der Waals surface area contributed by atoms with Gasteiger partial charge in [-0.2, -0.15) is 0 Å². The van der Waals surface area contributed by atoms with Crippen molar-refractivity contribution in [1.82, 2.24) is 9.88 Å². The number of carbonyl (C=O) groups excluding carboxylic acids is 1. The summed E-state index contributed by atoms with van der Waals surface area (Å²) in [4.78, 5) is 13.3. The molecule has 4 aromatic carbocycles. The lowest BCUT2D eigenvalue weighted by atomic mass is 10.2. The number of rotatable bonds is 8. The Balaban J connectivity index is 1.48. The number of fused-ring (bicyclic) bond motifs is 1. The van der Waals surface area contributed by atoms with Crippen molar-refractivity contribution >= 4 is 16.8 Å². The van der Waals surface area contributed by atoms with Crippen LogP contribution in [0.1, 0.15) is 27.2 Å². The lowest BCUT2D eigenvalue weighted by Crippen LogP contribution is -2.25. The van der Waals surface area contributed by atoms with Gasteiger partial charge in [-0.3, -0.25) is 4.79 Å². The molecule has 4 heteroatoms. The van der Waals surface area contributed by atoms with Gasteiger partial charge in [-0.15, -0.1) is 0 Å². The van der Waals surface area contributed by atoms with Crippen molar-refractivity contribution in [3.05, 3.63) is 138 Å². The standard InChI is InChI=1S/C30H26N2O2/c33-30(31-20-23-11-4-1-5-12-23)28-19-26-27(32(28)21-24-13-6-2-7-14-24)17-10-18-29(26)34-22-25-15-8-3-9-16-25/h1-19H,20-22H2,(H,31,33). The Bertz CT molecular complexity index is 1380. The molecule has 5 rings (SSSR count). The Labute approximate surface area is 199 Å². The summed E-state index contributed by atoms with van der Waals surface area (Å²) in [6.07, 6.45) is 0. The molecule has 0 saturated heterocycles. The normalized spacial score (nSPS) is 10.8. The number of hydrogen-bond donors (Lipinski definition) is 1. The third-order valence-electron chi connectivity index (χ3n) is 5.85. The molecular weight excluding hydrogens is 420 g/mol. The minimum absolute atomic E-state index is 0.106. The van der Waals surface area contributed by atoms with Crippen LogP contribution in [0.5, 0.6) is 5.75 Å². The van der Waals surface area contributed by atoms with Gasteiger partial charge in [0, 0.05) is 18.5 Å². The van der Waals surface area contributed by atoms with Crippen molar-refractivity contribution in [1.29, 1.82) is 0 Å². The van der Waals surface area contributed by atoms with Crippen LogP contribution in [-0.4, -0.2) is 10.5 Å². The first-order valence-electron chi connectivity index (χ1n) is 11.4. The monoisotopic (exact) mass is 446 g/mol. The smallest absolute Gasteiger partial charge is 0.268 e. The zero-order valence-corrected chi connectivity index (χ0v) is 18.9. The molecule has 0 fully saturated rings. The molecule has 34 heavy (non-hydrogen) atoms. The van der Waals surface area contributed by atoms with E-state index in [1.807, 2.05) is 103 Å². The number of hydrogen-bond acceptors (Lipinski definition) is 2. The molecule has 5 aromatic rings. The summed E-state index contributed by atoms with van der Waals surface area (Å²) in [6, 6.07) is 38.2. The van der Waals surface area contributed by atoms with Crippen LogP contribution in [0.3, 0.4) is 0 Å². The number of carbonyl (C=O) groups is 1. The molecule has 0 saturated carbocycles. The number of aromatic nitrogens is 1. The van der Waals surface area contributed by atoms with Crippen LogP contribution in [0.15, 0.2) is 115 Å². The first-order chi connectivity index (χ1) is 16.8. The summed E-state index contributed by atoms with van der Waals surface area (Å²) in [5.41, 5.74) is 4.88. The lowest BCUT2D eigenvalue weighted by Gasteiger charge is -2.12. The van der Waals surface area contributed by atoms with E-state index in [0.717, 1.165) is 33.3 Å². The van der Waals surface area contributed by atoms with Crippen LogP contribution in [0.4, 0.5) is 0 Å². The number of ether oxygens (including phenoxy) is 1. The van der Waals surface area contributed by atoms with E-state index in [0.29, 0.717) is 25.4 Å². The number of nitrogens with zero attached hydrogens (tertiary/aromatic N) is 1. The maximum Gasteiger partial charge on any atom is 0.268 e. The lowest BCUT2D eigenvalue weighted by molar-refractivity contribution is 0.0942. The van der Waals surface area contributed by atoms with Gasteiger partial charge in [0.1, 0.15) is 18.1 Å². The molecule has 1 heterocycles. The fourth-order valence-corrected chi connectivity index (χ4v) is 4.11. The Hall–Kier alpha value is -4.31. The van der Waals surface area contributed by atoms with E-state index in [-0.39, 0.29) is 5.91 Å². The van der Waals surface area contributed by atoms with Crippen LogP contribution in [-0.2, 0) is 19.7 Å². The van der Waals surface area contributed by atoms with Gasteiger partial charge < -0.3 is 14.6 Å². The molecule has 0 atom stereocenters. The highest BCUT2D eigenvalue weighted by molar-refractivity contribution is 6.00. The molecule has 168 valence electrons. The second kappa shape index (κ2) is 10.1. The minimum atomic E-state index is -0.106. The molecular formula is C30H26N2O2. The summed E-state index contributed by atoms with van der Waals surface area (Å²) in [6.45, 7) is 1.55. The summed E-state index contributed by atoms with van der Waals surface area (Å²) in [5.74, 6) is 0.662. The van der Waals surface area contributed by atoms with Gasteiger partial charge >= 0.3 is 0 Å². The van der Waals surface area contributed by atoms with Crippen molar-refractivity contribution in [2.75, 3.05) is 0 Å². The van der Waals surface area contributed by atoms with E-state index >= 15 is 0 Å². The second-order valence-corrected chi connectivity index (χ2v) is 8.23. The summed E-state index contributed by atoms with van der Waals surface area (Å²) >= 11 is 0. The molecule has 0 aliphatic carbocycles. The molecule has 0 radical (unpaired) electrons. The highest BCUT2D eigenvalue weighted by atomic mass is 16.5. The summed E-state index contributed by atoms with van der Waals surface area (Å²) in [7, 11) is 0. The first kappa shape index (κ1) is 21.5. The SMILES string of the molecule is O=C(NCc1ccccc1)c1cc2c(OCc3ccccc3)cccc2n1Cc1ccccc1. The van der Waals surface area contributed by atoms with Crippen LogP contribution >= 0.6 is 0 Å². The number of nitrogens with one attached hydrogen (secondary N) is 1. The average Bonchev–Trinajstić information content (AvgIpc) is 3.27. The van der Waals surface area contributed by atoms with Crippen LogP contribution < -0.4 is 10.1 Å². The van der Waals surface area contributed by atoms with Gasteiger partial charge in [0.15, 0.2) is 0 Å². The van der Waals surface area contributed by atoms with E-state index in [4.69, 9.17) is 4.74 Å². The number of benzene rings is 4. The highest BCUT2D eigenvalue weighted by Gasteiger charge is 2.18. The quantitative estimate of drug-likeness (QED) is 0.308. The van der Waals surface area contributed by atoms with Gasteiger partial charge in [0.05, 0.1) is 5.52 Å². The van der Waals surface area contributed by atoms with Gasteiger partial charge in [0.2, 0.25) is 0 Å². The Morgan fingerprint density at radius 1 is 0.706 bits per heavy atom. The van der Waals surface area contributed by atoms with Gasteiger partial charge in [-0.05, 0) is 34.9 Å². The summed E-state index contributed by atoms with van der Waals surface area (Å²) in [5, 5.41) is 4.01. The van der Waals surface area contributed by atoms with Crippen LogP contribution in [0.25, 0.3) is 10.9 Å². The Morgan fingerprint density at radius 3 is 2.00 bits per heavy atom. The Kier molecular flexibility index (Phi) is 6.39. The van der Waals surface area contributed by atoms with Crippen molar-refractivity contribution < 1.29 is 9.53 Å².